The standard InChI is InChI=1S/C17H24F3N5O/c1-24(2)14-9-13(17(18,19)20)22-16(23-14)21-12-7-8-25(10-12)15(26)11-5-3-4-6-11/h9,11-12H,3-8,10H2,1-2H3,(H,21,22,23). The normalized spacial score (nSPS) is 21.3. The molecule has 1 aromatic heterocycles. The van der Waals surface area contributed by atoms with Crippen LogP contribution >= 0.6 is 0 Å². The van der Waals surface area contributed by atoms with Gasteiger partial charge in [-0.3, -0.25) is 4.79 Å². The smallest absolute Gasteiger partial charge is 0.363 e. The molecule has 0 aromatic carbocycles. The zero-order valence-electron chi connectivity index (χ0n) is 15.0. The molecule has 0 spiro atoms. The second-order valence-electron chi connectivity index (χ2n) is 7.22. The van der Waals surface area contributed by atoms with Gasteiger partial charge in [0.15, 0.2) is 5.69 Å². The van der Waals surface area contributed by atoms with Crippen LogP contribution in [-0.4, -0.2) is 54.0 Å². The summed E-state index contributed by atoms with van der Waals surface area (Å²) in [6.45, 7) is 1.10. The van der Waals surface area contributed by atoms with Crippen LogP contribution in [0.25, 0.3) is 0 Å². The van der Waals surface area contributed by atoms with Crippen molar-refractivity contribution in [2.75, 3.05) is 37.4 Å². The van der Waals surface area contributed by atoms with Crippen molar-refractivity contribution in [1.82, 2.24) is 14.9 Å². The van der Waals surface area contributed by atoms with Gasteiger partial charge in [0, 0.05) is 45.2 Å². The van der Waals surface area contributed by atoms with E-state index in [1.807, 2.05) is 4.90 Å². The van der Waals surface area contributed by atoms with E-state index in [1.165, 1.54) is 4.90 Å². The highest BCUT2D eigenvalue weighted by molar-refractivity contribution is 5.79. The largest absolute Gasteiger partial charge is 0.433 e. The first kappa shape index (κ1) is 18.7. The van der Waals surface area contributed by atoms with Crippen molar-refractivity contribution in [3.05, 3.63) is 11.8 Å². The number of aromatic nitrogens is 2. The van der Waals surface area contributed by atoms with Crippen LogP contribution in [0.1, 0.15) is 37.8 Å². The van der Waals surface area contributed by atoms with Gasteiger partial charge < -0.3 is 15.1 Å². The molecule has 3 rings (SSSR count). The summed E-state index contributed by atoms with van der Waals surface area (Å²) < 4.78 is 39.2. The predicted octanol–water partition coefficient (Wildman–Crippen LogP) is 2.76. The van der Waals surface area contributed by atoms with Crippen LogP contribution in [0.4, 0.5) is 24.9 Å². The van der Waals surface area contributed by atoms with E-state index in [9.17, 15) is 18.0 Å². The molecule has 0 radical (unpaired) electrons. The third-order valence-electron chi connectivity index (χ3n) is 5.00. The number of alkyl halides is 3. The first-order valence-corrected chi connectivity index (χ1v) is 8.93. The maximum absolute atomic E-state index is 13.1. The van der Waals surface area contributed by atoms with Gasteiger partial charge in [-0.2, -0.15) is 18.2 Å². The molecule has 1 N–H and O–H groups in total. The van der Waals surface area contributed by atoms with E-state index >= 15 is 0 Å². The maximum atomic E-state index is 13.1. The van der Waals surface area contributed by atoms with Crippen LogP contribution < -0.4 is 10.2 Å². The summed E-state index contributed by atoms with van der Waals surface area (Å²) in [5.41, 5.74) is -0.976. The Balaban J connectivity index is 1.69. The fraction of sp³-hybridized carbons (Fsp3) is 0.706. The third kappa shape index (κ3) is 4.19. The third-order valence-corrected chi connectivity index (χ3v) is 5.00. The zero-order chi connectivity index (χ0) is 18.9. The molecular weight excluding hydrogens is 347 g/mol. The van der Waals surface area contributed by atoms with Crippen LogP contribution in [0.5, 0.6) is 0 Å². The second-order valence-corrected chi connectivity index (χ2v) is 7.22. The molecule has 144 valence electrons. The number of hydrogen-bond acceptors (Lipinski definition) is 5. The number of halogens is 3. The number of carbonyl (C=O) groups excluding carboxylic acids is 1. The van der Waals surface area contributed by atoms with Crippen molar-refractivity contribution in [1.29, 1.82) is 0 Å². The first-order chi connectivity index (χ1) is 12.2. The van der Waals surface area contributed by atoms with Gasteiger partial charge in [-0.05, 0) is 19.3 Å². The summed E-state index contributed by atoms with van der Waals surface area (Å²) in [6, 6.07) is 0.786. The van der Waals surface area contributed by atoms with E-state index < -0.39 is 11.9 Å². The Morgan fingerprint density at radius 3 is 2.54 bits per heavy atom. The molecule has 1 aliphatic heterocycles. The molecule has 1 atom stereocenters. The topological polar surface area (TPSA) is 61.4 Å². The summed E-state index contributed by atoms with van der Waals surface area (Å²) in [6.07, 6.45) is 0.209. The van der Waals surface area contributed by atoms with E-state index in [0.29, 0.717) is 19.5 Å². The lowest BCUT2D eigenvalue weighted by atomic mass is 10.1. The Labute approximate surface area is 150 Å². The average molecular weight is 371 g/mol. The van der Waals surface area contributed by atoms with Crippen LogP contribution in [0.2, 0.25) is 0 Å². The molecule has 1 amide bonds. The van der Waals surface area contributed by atoms with Gasteiger partial charge in [0.2, 0.25) is 11.9 Å². The summed E-state index contributed by atoms with van der Waals surface area (Å²) >= 11 is 0. The summed E-state index contributed by atoms with van der Waals surface area (Å²) in [5, 5.41) is 2.98. The molecule has 9 heteroatoms. The average Bonchev–Trinajstić information content (AvgIpc) is 3.25. The number of anilines is 2. The Kier molecular flexibility index (Phi) is 5.24. The number of nitrogens with zero attached hydrogens (tertiary/aromatic N) is 4. The van der Waals surface area contributed by atoms with E-state index in [-0.39, 0.29) is 29.6 Å². The minimum atomic E-state index is -4.54. The molecule has 6 nitrogen and oxygen atoms in total. The number of hydrogen-bond donors (Lipinski definition) is 1. The Morgan fingerprint density at radius 1 is 1.23 bits per heavy atom. The minimum Gasteiger partial charge on any atom is -0.363 e. The number of amides is 1. The van der Waals surface area contributed by atoms with Crippen molar-refractivity contribution in [3.8, 4) is 0 Å². The van der Waals surface area contributed by atoms with Crippen LogP contribution in [0, 0.1) is 5.92 Å². The maximum Gasteiger partial charge on any atom is 0.433 e. The lowest BCUT2D eigenvalue weighted by Crippen LogP contribution is -2.35. The van der Waals surface area contributed by atoms with E-state index in [0.717, 1.165) is 31.7 Å². The molecule has 1 saturated heterocycles. The van der Waals surface area contributed by atoms with Gasteiger partial charge >= 0.3 is 6.18 Å². The molecule has 1 saturated carbocycles. The Morgan fingerprint density at radius 2 is 1.92 bits per heavy atom. The van der Waals surface area contributed by atoms with Gasteiger partial charge in [-0.1, -0.05) is 12.8 Å². The molecule has 0 bridgehead atoms. The molecule has 1 unspecified atom stereocenters. The summed E-state index contributed by atoms with van der Waals surface area (Å²) in [5.74, 6) is 0.417. The zero-order valence-corrected chi connectivity index (χ0v) is 15.0. The quantitative estimate of drug-likeness (QED) is 0.882. The Bertz CT molecular complexity index is 658. The van der Waals surface area contributed by atoms with E-state index in [2.05, 4.69) is 15.3 Å². The molecule has 1 aromatic rings. The van der Waals surface area contributed by atoms with E-state index in [4.69, 9.17) is 0 Å². The van der Waals surface area contributed by atoms with Crippen molar-refractivity contribution in [3.63, 3.8) is 0 Å². The van der Waals surface area contributed by atoms with Crippen molar-refractivity contribution < 1.29 is 18.0 Å². The van der Waals surface area contributed by atoms with Crippen molar-refractivity contribution >= 4 is 17.7 Å². The number of likely N-dealkylation sites (tertiary alicyclic amines) is 1. The van der Waals surface area contributed by atoms with Crippen LogP contribution in [0.3, 0.4) is 0 Å². The summed E-state index contributed by atoms with van der Waals surface area (Å²) in [4.78, 5) is 23.6. The molecule has 2 aliphatic rings. The lowest BCUT2D eigenvalue weighted by Gasteiger charge is -2.21. The number of nitrogens with one attached hydrogen (secondary N) is 1. The van der Waals surface area contributed by atoms with Crippen LogP contribution in [-0.2, 0) is 11.0 Å². The fourth-order valence-corrected chi connectivity index (χ4v) is 3.57. The predicted molar refractivity (Wildman–Crippen MR) is 91.9 cm³/mol. The molecule has 2 fully saturated rings. The van der Waals surface area contributed by atoms with Crippen molar-refractivity contribution in [2.45, 2.75) is 44.3 Å². The first-order valence-electron chi connectivity index (χ1n) is 8.93. The number of rotatable bonds is 4. The molecule has 26 heavy (non-hydrogen) atoms. The van der Waals surface area contributed by atoms with Gasteiger partial charge in [-0.15, -0.1) is 0 Å². The molecule has 1 aliphatic carbocycles. The highest BCUT2D eigenvalue weighted by atomic mass is 19.4. The number of carbonyl (C=O) groups is 1. The monoisotopic (exact) mass is 371 g/mol. The van der Waals surface area contributed by atoms with E-state index in [1.54, 1.807) is 14.1 Å². The van der Waals surface area contributed by atoms with Crippen LogP contribution in [0.15, 0.2) is 6.07 Å². The van der Waals surface area contributed by atoms with Crippen molar-refractivity contribution in [2.24, 2.45) is 5.92 Å². The SMILES string of the molecule is CN(C)c1cc(C(F)(F)F)nc(NC2CCN(C(=O)C3CCCC3)C2)n1. The molecular formula is C17H24F3N5O. The summed E-state index contributed by atoms with van der Waals surface area (Å²) in [7, 11) is 3.26. The highest BCUT2D eigenvalue weighted by Crippen LogP contribution is 2.31. The van der Waals surface area contributed by atoms with Gasteiger partial charge in [0.1, 0.15) is 5.82 Å². The minimum absolute atomic E-state index is 0.0521. The molecule has 2 heterocycles. The van der Waals surface area contributed by atoms with Gasteiger partial charge in [0.25, 0.3) is 0 Å². The highest BCUT2D eigenvalue weighted by Gasteiger charge is 2.35. The lowest BCUT2D eigenvalue weighted by molar-refractivity contribution is -0.141. The fourth-order valence-electron chi connectivity index (χ4n) is 3.57. The second kappa shape index (κ2) is 7.28. The Hall–Kier alpha value is -2.06. The van der Waals surface area contributed by atoms with Gasteiger partial charge in [-0.25, -0.2) is 4.98 Å². The van der Waals surface area contributed by atoms with Gasteiger partial charge in [0.05, 0.1) is 0 Å².